The molecule has 0 saturated heterocycles. The predicted octanol–water partition coefficient (Wildman–Crippen LogP) is 3.49. The fraction of sp³-hybridized carbons (Fsp3) is 0.182. The van der Waals surface area contributed by atoms with Gasteiger partial charge in [-0.2, -0.15) is 9.78 Å². The summed E-state index contributed by atoms with van der Waals surface area (Å²) < 4.78 is 25.4. The van der Waals surface area contributed by atoms with Crippen molar-refractivity contribution in [3.05, 3.63) is 75.8 Å². The molecule has 0 bridgehead atoms. The van der Waals surface area contributed by atoms with Crippen LogP contribution in [0.1, 0.15) is 47.1 Å². The van der Waals surface area contributed by atoms with Crippen LogP contribution in [0.5, 0.6) is 5.75 Å². The van der Waals surface area contributed by atoms with E-state index in [1.54, 1.807) is 30.3 Å². The van der Waals surface area contributed by atoms with Gasteiger partial charge >= 0.3 is 0 Å². The van der Waals surface area contributed by atoms with E-state index in [-0.39, 0.29) is 35.4 Å². The van der Waals surface area contributed by atoms with Crippen molar-refractivity contribution in [1.29, 1.82) is 0 Å². The Morgan fingerprint density at radius 2 is 2.06 bits per heavy atom. The number of carbonyl (C=O) groups is 1. The van der Waals surface area contributed by atoms with Gasteiger partial charge in [-0.25, -0.2) is 14.4 Å². The Hall–Kier alpha value is -4.32. The zero-order valence-electron chi connectivity index (χ0n) is 18.6. The lowest BCUT2D eigenvalue weighted by molar-refractivity contribution is 0.0948. The Labute approximate surface area is 203 Å². The molecule has 4 aromatic rings. The van der Waals surface area contributed by atoms with Crippen LogP contribution in [0.2, 0.25) is 5.02 Å². The number of benzene rings is 2. The molecule has 0 unspecified atom stereocenters. The van der Waals surface area contributed by atoms with Gasteiger partial charge in [0.15, 0.2) is 5.69 Å². The summed E-state index contributed by atoms with van der Waals surface area (Å²) in [7, 11) is 0. The highest BCUT2D eigenvalue weighted by Crippen LogP contribution is 2.23. The van der Waals surface area contributed by atoms with Crippen molar-refractivity contribution in [3.8, 4) is 11.6 Å². The number of nitrogens with one attached hydrogen (secondary N) is 1. The van der Waals surface area contributed by atoms with Gasteiger partial charge in [-0.15, -0.1) is 5.10 Å². The minimum absolute atomic E-state index is 0.0100. The number of amides is 1. The first-order valence-electron chi connectivity index (χ1n) is 10.4. The van der Waals surface area contributed by atoms with Gasteiger partial charge in [0.25, 0.3) is 5.91 Å². The van der Waals surface area contributed by atoms with Gasteiger partial charge in [-0.1, -0.05) is 36.7 Å². The summed E-state index contributed by atoms with van der Waals surface area (Å²) in [4.78, 5) is 12.7. The molecule has 0 atom stereocenters. The largest absolute Gasteiger partial charge is 0.489 e. The van der Waals surface area contributed by atoms with E-state index < -0.39 is 11.7 Å². The van der Waals surface area contributed by atoms with Crippen molar-refractivity contribution in [3.63, 3.8) is 0 Å². The molecule has 0 aliphatic carbocycles. The molecule has 0 radical (unpaired) electrons. The molecule has 4 rings (SSSR count). The third-order valence-electron chi connectivity index (χ3n) is 4.87. The smallest absolute Gasteiger partial charge is 0.293 e. The summed E-state index contributed by atoms with van der Waals surface area (Å²) in [5.74, 6) is -0.454. The number of halogens is 2. The summed E-state index contributed by atoms with van der Waals surface area (Å²) in [6, 6.07) is 11.3. The van der Waals surface area contributed by atoms with Gasteiger partial charge in [0, 0.05) is 5.56 Å². The topological polar surface area (TPSA) is 146 Å². The van der Waals surface area contributed by atoms with E-state index in [1.165, 1.54) is 23.0 Å². The number of nitrogen functional groups attached to an aromatic ring is 1. The SMILES string of the molecule is CC(C)c1c(C(=O)N/N=C/c2ccc(OCc3c(F)cccc3Cl)cc2)nnn1-c1nonc1N. The molecule has 2 aromatic heterocycles. The highest BCUT2D eigenvalue weighted by atomic mass is 35.5. The number of hydrazone groups is 1. The third kappa shape index (κ3) is 5.27. The van der Waals surface area contributed by atoms with Crippen LogP contribution in [-0.2, 0) is 6.61 Å². The fourth-order valence-corrected chi connectivity index (χ4v) is 3.37. The van der Waals surface area contributed by atoms with Crippen LogP contribution >= 0.6 is 11.6 Å². The maximum Gasteiger partial charge on any atom is 0.293 e. The van der Waals surface area contributed by atoms with E-state index in [0.717, 1.165) is 0 Å². The molecule has 11 nitrogen and oxygen atoms in total. The summed E-state index contributed by atoms with van der Waals surface area (Å²) in [6.45, 7) is 3.72. The maximum absolute atomic E-state index is 13.9. The van der Waals surface area contributed by atoms with E-state index in [2.05, 4.69) is 35.8 Å². The number of nitrogens with zero attached hydrogens (tertiary/aromatic N) is 6. The second-order valence-corrected chi connectivity index (χ2v) is 8.03. The molecule has 3 N–H and O–H groups in total. The zero-order chi connectivity index (χ0) is 24.9. The van der Waals surface area contributed by atoms with E-state index in [1.807, 2.05) is 13.8 Å². The molecule has 1 amide bonds. The number of rotatable bonds is 8. The monoisotopic (exact) mass is 498 g/mol. The molecule has 2 heterocycles. The molecule has 13 heteroatoms. The highest BCUT2D eigenvalue weighted by molar-refractivity contribution is 6.31. The van der Waals surface area contributed by atoms with Crippen molar-refractivity contribution in [2.45, 2.75) is 26.4 Å². The number of hydrogen-bond acceptors (Lipinski definition) is 9. The van der Waals surface area contributed by atoms with Crippen LogP contribution < -0.4 is 15.9 Å². The minimum Gasteiger partial charge on any atom is -0.489 e. The predicted molar refractivity (Wildman–Crippen MR) is 125 cm³/mol. The Morgan fingerprint density at radius 3 is 2.71 bits per heavy atom. The van der Waals surface area contributed by atoms with E-state index in [0.29, 0.717) is 22.0 Å². The van der Waals surface area contributed by atoms with Crippen molar-refractivity contribution in [2.24, 2.45) is 5.10 Å². The molecular weight excluding hydrogens is 479 g/mol. The molecule has 0 saturated carbocycles. The number of carbonyl (C=O) groups excluding carboxylic acids is 1. The lowest BCUT2D eigenvalue weighted by Crippen LogP contribution is -2.21. The lowest BCUT2D eigenvalue weighted by Gasteiger charge is -2.09. The number of anilines is 1. The molecule has 0 aliphatic heterocycles. The standard InChI is InChI=1S/C22H20ClFN8O3/c1-12(2)19-18(27-31-32(19)21-20(25)29-35-30-21)22(33)28-26-10-13-6-8-14(9-7-13)34-11-15-16(23)4-3-5-17(15)24/h3-10,12H,11H2,1-2H3,(H2,25,29)(H,28,33)/b26-10+. The molecule has 35 heavy (non-hydrogen) atoms. The highest BCUT2D eigenvalue weighted by Gasteiger charge is 2.25. The first kappa shape index (κ1) is 23.8. The Bertz CT molecular complexity index is 1350. The summed E-state index contributed by atoms with van der Waals surface area (Å²) in [5, 5.41) is 19.4. The molecule has 2 aromatic carbocycles. The second kappa shape index (κ2) is 10.3. The van der Waals surface area contributed by atoms with E-state index >= 15 is 0 Å². The Kier molecular flexibility index (Phi) is 7.01. The normalized spacial score (nSPS) is 11.3. The minimum atomic E-state index is -0.562. The molecular formula is C22H20ClFN8O3. The molecule has 0 aliphatic rings. The maximum atomic E-state index is 13.9. The zero-order valence-corrected chi connectivity index (χ0v) is 19.4. The molecule has 0 spiro atoms. The number of hydrogen-bond donors (Lipinski definition) is 2. The van der Waals surface area contributed by atoms with Crippen LogP contribution in [0.25, 0.3) is 5.82 Å². The van der Waals surface area contributed by atoms with Crippen LogP contribution in [0.4, 0.5) is 10.2 Å². The molecule has 180 valence electrons. The van der Waals surface area contributed by atoms with Gasteiger partial charge in [-0.05, 0) is 58.2 Å². The van der Waals surface area contributed by atoms with Gasteiger partial charge in [0.1, 0.15) is 18.2 Å². The average molecular weight is 499 g/mol. The molecule has 0 fully saturated rings. The number of ether oxygens (including phenoxy) is 1. The fourth-order valence-electron chi connectivity index (χ4n) is 3.16. The van der Waals surface area contributed by atoms with Crippen molar-refractivity contribution < 1.29 is 18.6 Å². The summed E-state index contributed by atoms with van der Waals surface area (Å²) in [5.41, 5.74) is 9.66. The Balaban J connectivity index is 1.39. The van der Waals surface area contributed by atoms with Crippen LogP contribution in [0.15, 0.2) is 52.2 Å². The van der Waals surface area contributed by atoms with Gasteiger partial charge in [0.2, 0.25) is 11.6 Å². The Morgan fingerprint density at radius 1 is 1.29 bits per heavy atom. The van der Waals surface area contributed by atoms with Gasteiger partial charge < -0.3 is 10.5 Å². The first-order chi connectivity index (χ1) is 16.8. The van der Waals surface area contributed by atoms with E-state index in [9.17, 15) is 9.18 Å². The number of nitrogens with two attached hydrogens (primary N) is 1. The lowest BCUT2D eigenvalue weighted by atomic mass is 10.1. The van der Waals surface area contributed by atoms with Gasteiger partial charge in [0.05, 0.1) is 16.9 Å². The van der Waals surface area contributed by atoms with Crippen LogP contribution in [-0.4, -0.2) is 37.4 Å². The van der Waals surface area contributed by atoms with Crippen LogP contribution in [0.3, 0.4) is 0 Å². The summed E-state index contributed by atoms with van der Waals surface area (Å²) >= 11 is 6.01. The van der Waals surface area contributed by atoms with Crippen molar-refractivity contribution in [1.82, 2.24) is 30.7 Å². The van der Waals surface area contributed by atoms with Gasteiger partial charge in [-0.3, -0.25) is 4.79 Å². The van der Waals surface area contributed by atoms with E-state index in [4.69, 9.17) is 22.1 Å². The summed E-state index contributed by atoms with van der Waals surface area (Å²) in [6.07, 6.45) is 1.45. The van der Waals surface area contributed by atoms with Crippen LogP contribution in [0, 0.1) is 5.82 Å². The van der Waals surface area contributed by atoms with Crippen molar-refractivity contribution in [2.75, 3.05) is 5.73 Å². The van der Waals surface area contributed by atoms with Crippen molar-refractivity contribution >= 4 is 29.5 Å². The second-order valence-electron chi connectivity index (χ2n) is 7.62. The quantitative estimate of drug-likeness (QED) is 0.277. The number of aromatic nitrogens is 5. The third-order valence-corrected chi connectivity index (χ3v) is 5.22. The average Bonchev–Trinajstić information content (AvgIpc) is 3.45. The first-order valence-corrected chi connectivity index (χ1v) is 10.8.